The Labute approximate surface area is 206 Å². The number of hydrogen-bond donors (Lipinski definition) is 1. The molecule has 34 heavy (non-hydrogen) atoms. The summed E-state index contributed by atoms with van der Waals surface area (Å²) in [6.45, 7) is 8.68. The lowest BCUT2D eigenvalue weighted by Crippen LogP contribution is -2.40. The summed E-state index contributed by atoms with van der Waals surface area (Å²) >= 11 is 0. The lowest BCUT2D eigenvalue weighted by atomic mass is 9.72. The van der Waals surface area contributed by atoms with Crippen LogP contribution < -0.4 is 0 Å². The molecule has 0 radical (unpaired) electrons. The monoisotopic (exact) mass is 464 g/mol. The summed E-state index contributed by atoms with van der Waals surface area (Å²) in [4.78, 5) is 13.8. The average Bonchev–Trinajstić information content (AvgIpc) is 3.32. The Balaban J connectivity index is 1.87. The van der Waals surface area contributed by atoms with Gasteiger partial charge in [0, 0.05) is 0 Å². The summed E-state index contributed by atoms with van der Waals surface area (Å²) in [5.74, 6) is 0.916. The maximum atomic E-state index is 13.8. The third-order valence-corrected chi connectivity index (χ3v) is 8.16. The molecule has 0 spiro atoms. The Morgan fingerprint density at radius 2 is 1.59 bits per heavy atom. The first kappa shape index (κ1) is 26.3. The Morgan fingerprint density at radius 1 is 0.971 bits per heavy atom. The second kappa shape index (κ2) is 11.9. The molecule has 3 rings (SSSR count). The third-order valence-electron chi connectivity index (χ3n) is 8.16. The Hall–Kier alpha value is -2.29. The quantitative estimate of drug-likeness (QED) is 0.320. The molecule has 1 saturated carbocycles. The summed E-state index contributed by atoms with van der Waals surface area (Å²) in [7, 11) is 0. The first-order chi connectivity index (χ1) is 16.3. The van der Waals surface area contributed by atoms with Crippen LogP contribution in [0, 0.1) is 5.41 Å². The summed E-state index contributed by atoms with van der Waals surface area (Å²) < 4.78 is 6.37. The molecule has 0 aromatic heterocycles. The van der Waals surface area contributed by atoms with Crippen molar-refractivity contribution >= 4 is 5.97 Å². The topological polar surface area (TPSA) is 46.5 Å². The number of carbonyl (C=O) groups excluding carboxylic acids is 1. The maximum Gasteiger partial charge on any atom is 0.312 e. The van der Waals surface area contributed by atoms with E-state index in [0.29, 0.717) is 11.7 Å². The molecular weight excluding hydrogens is 420 g/mol. The second-order valence-electron chi connectivity index (χ2n) is 10.7. The van der Waals surface area contributed by atoms with E-state index in [-0.39, 0.29) is 17.5 Å². The highest BCUT2D eigenvalue weighted by molar-refractivity contribution is 5.77. The maximum absolute atomic E-state index is 13.8. The van der Waals surface area contributed by atoms with Gasteiger partial charge in [-0.3, -0.25) is 4.79 Å². The van der Waals surface area contributed by atoms with Crippen LogP contribution in [0.5, 0.6) is 5.75 Å². The number of rotatable bonds is 12. The van der Waals surface area contributed by atoms with Crippen molar-refractivity contribution in [3.8, 4) is 5.75 Å². The largest absolute Gasteiger partial charge is 0.508 e. The molecule has 1 fully saturated rings. The van der Waals surface area contributed by atoms with Crippen molar-refractivity contribution < 1.29 is 14.6 Å². The molecule has 0 bridgehead atoms. The van der Waals surface area contributed by atoms with Crippen LogP contribution in [-0.2, 0) is 9.53 Å². The number of phenolic OH excluding ortho intramolecular Hbond substituents is 1. The van der Waals surface area contributed by atoms with E-state index in [9.17, 15) is 9.90 Å². The molecule has 3 heteroatoms. The number of aromatic hydroxyl groups is 1. The summed E-state index contributed by atoms with van der Waals surface area (Å²) in [5, 5.41) is 9.75. The molecule has 2 aromatic carbocycles. The van der Waals surface area contributed by atoms with Crippen LogP contribution in [0.4, 0.5) is 0 Å². The molecular formula is C31H44O3. The Bertz CT molecular complexity index is 883. The molecule has 3 unspecified atom stereocenters. The number of carbonyl (C=O) groups is 1. The highest BCUT2D eigenvalue weighted by Gasteiger charge is 2.43. The van der Waals surface area contributed by atoms with Gasteiger partial charge in [0.15, 0.2) is 0 Å². The molecule has 186 valence electrons. The fraction of sp³-hybridized carbons (Fsp3) is 0.581. The van der Waals surface area contributed by atoms with E-state index in [1.165, 1.54) is 11.1 Å². The van der Waals surface area contributed by atoms with Crippen LogP contribution in [-0.4, -0.2) is 16.7 Å². The summed E-state index contributed by atoms with van der Waals surface area (Å²) in [5.41, 5.74) is 1.78. The molecule has 1 N–H and O–H groups in total. The summed E-state index contributed by atoms with van der Waals surface area (Å²) in [6, 6.07) is 18.3. The minimum atomic E-state index is -0.507. The van der Waals surface area contributed by atoms with E-state index in [1.807, 2.05) is 12.1 Å². The van der Waals surface area contributed by atoms with Crippen molar-refractivity contribution in [3.05, 3.63) is 65.7 Å². The Kier molecular flexibility index (Phi) is 9.22. The van der Waals surface area contributed by atoms with Gasteiger partial charge in [-0.2, -0.15) is 0 Å². The molecule has 1 aliphatic carbocycles. The average molecular weight is 465 g/mol. The zero-order chi connectivity index (χ0) is 24.6. The van der Waals surface area contributed by atoms with E-state index in [1.54, 1.807) is 12.1 Å². The van der Waals surface area contributed by atoms with E-state index in [0.717, 1.165) is 64.2 Å². The standard InChI is InChI=1S/C31H44O3/c1-5-19-30(4,29(33)34-31(7-3)20-11-12-21-31)23-27(25-13-9-8-10-14-25)22-24(6-2)26-15-17-28(32)18-16-26/h8-10,13-18,24,27,32H,5-7,11-12,19-23H2,1-4H3. The van der Waals surface area contributed by atoms with Crippen LogP contribution in [0.2, 0.25) is 0 Å². The van der Waals surface area contributed by atoms with Crippen LogP contribution in [0.1, 0.15) is 115 Å². The van der Waals surface area contributed by atoms with Gasteiger partial charge >= 0.3 is 5.97 Å². The molecule has 0 aliphatic heterocycles. The van der Waals surface area contributed by atoms with Crippen LogP contribution >= 0.6 is 0 Å². The van der Waals surface area contributed by atoms with Gasteiger partial charge in [-0.1, -0.05) is 69.7 Å². The zero-order valence-electron chi connectivity index (χ0n) is 21.7. The van der Waals surface area contributed by atoms with Crippen LogP contribution in [0.3, 0.4) is 0 Å². The zero-order valence-corrected chi connectivity index (χ0v) is 21.7. The lowest BCUT2D eigenvalue weighted by molar-refractivity contribution is -0.173. The van der Waals surface area contributed by atoms with Gasteiger partial charge in [-0.05, 0) is 99.8 Å². The van der Waals surface area contributed by atoms with Crippen molar-refractivity contribution in [1.82, 2.24) is 0 Å². The molecule has 3 nitrogen and oxygen atoms in total. The van der Waals surface area contributed by atoms with E-state index < -0.39 is 5.41 Å². The van der Waals surface area contributed by atoms with E-state index >= 15 is 0 Å². The molecule has 2 aromatic rings. The number of esters is 1. The van der Waals surface area contributed by atoms with Gasteiger partial charge in [0.05, 0.1) is 5.41 Å². The van der Waals surface area contributed by atoms with Crippen molar-refractivity contribution in [1.29, 1.82) is 0 Å². The molecule has 0 saturated heterocycles. The second-order valence-corrected chi connectivity index (χ2v) is 10.7. The van der Waals surface area contributed by atoms with Crippen molar-refractivity contribution in [3.63, 3.8) is 0 Å². The number of ether oxygens (including phenoxy) is 1. The normalized spacial score (nSPS) is 18.7. The van der Waals surface area contributed by atoms with Crippen molar-refractivity contribution in [2.24, 2.45) is 5.41 Å². The molecule has 3 atom stereocenters. The van der Waals surface area contributed by atoms with E-state index in [4.69, 9.17) is 4.74 Å². The predicted molar refractivity (Wildman–Crippen MR) is 140 cm³/mol. The molecule has 0 amide bonds. The third kappa shape index (κ3) is 6.43. The van der Waals surface area contributed by atoms with Gasteiger partial charge in [-0.25, -0.2) is 0 Å². The minimum absolute atomic E-state index is 0.00304. The minimum Gasteiger partial charge on any atom is -0.508 e. The molecule has 1 aliphatic rings. The van der Waals surface area contributed by atoms with Gasteiger partial charge in [-0.15, -0.1) is 0 Å². The number of phenols is 1. The van der Waals surface area contributed by atoms with Crippen molar-refractivity contribution in [2.45, 2.75) is 109 Å². The highest BCUT2D eigenvalue weighted by Crippen LogP contribution is 2.45. The number of hydrogen-bond acceptors (Lipinski definition) is 3. The van der Waals surface area contributed by atoms with Crippen molar-refractivity contribution in [2.75, 3.05) is 0 Å². The van der Waals surface area contributed by atoms with Gasteiger partial charge in [0.1, 0.15) is 11.4 Å². The SMILES string of the molecule is CCCC(C)(CC(CC(CC)c1ccc(O)cc1)c1ccccc1)C(=O)OC1(CC)CCCC1. The van der Waals surface area contributed by atoms with Gasteiger partial charge in [0.25, 0.3) is 0 Å². The van der Waals surface area contributed by atoms with E-state index in [2.05, 4.69) is 58.0 Å². The first-order valence-corrected chi connectivity index (χ1v) is 13.4. The first-order valence-electron chi connectivity index (χ1n) is 13.4. The number of benzene rings is 2. The fourth-order valence-electron chi connectivity index (χ4n) is 5.94. The lowest BCUT2D eigenvalue weighted by Gasteiger charge is -2.37. The van der Waals surface area contributed by atoms with Gasteiger partial charge < -0.3 is 9.84 Å². The Morgan fingerprint density at radius 3 is 2.15 bits per heavy atom. The van der Waals surface area contributed by atoms with Crippen LogP contribution in [0.25, 0.3) is 0 Å². The highest BCUT2D eigenvalue weighted by atomic mass is 16.6. The predicted octanol–water partition coefficient (Wildman–Crippen LogP) is 8.52. The van der Waals surface area contributed by atoms with Gasteiger partial charge in [0.2, 0.25) is 0 Å². The smallest absolute Gasteiger partial charge is 0.312 e. The summed E-state index contributed by atoms with van der Waals surface area (Å²) in [6.07, 6.45) is 9.79. The fourth-order valence-corrected chi connectivity index (χ4v) is 5.94. The molecule has 0 heterocycles. The van der Waals surface area contributed by atoms with Crippen LogP contribution in [0.15, 0.2) is 54.6 Å².